The van der Waals surface area contributed by atoms with Crippen LogP contribution in [0.3, 0.4) is 0 Å². The van der Waals surface area contributed by atoms with Crippen LogP contribution in [-0.4, -0.2) is 22.1 Å². The molecule has 0 aromatic heterocycles. The van der Waals surface area contributed by atoms with E-state index in [1.54, 1.807) is 11.8 Å². The molecule has 0 radical (unpaired) electrons. The zero-order chi connectivity index (χ0) is 12.0. The van der Waals surface area contributed by atoms with Crippen LogP contribution in [0.4, 0.5) is 0 Å². The number of hydrogen-bond acceptors (Lipinski definition) is 3. The highest BCUT2D eigenvalue weighted by Crippen LogP contribution is 2.26. The highest BCUT2D eigenvalue weighted by molar-refractivity contribution is 7.99. The van der Waals surface area contributed by atoms with Gasteiger partial charge in [0.05, 0.1) is 6.10 Å². The molecule has 0 spiro atoms. The molecule has 1 rings (SSSR count). The minimum Gasteiger partial charge on any atom is -0.396 e. The second kappa shape index (κ2) is 6.94. The molecule has 90 valence electrons. The maximum absolute atomic E-state index is 9.65. The number of hydrogen-bond donors (Lipinski definition) is 2. The monoisotopic (exact) mass is 240 g/mol. The van der Waals surface area contributed by atoms with Crippen LogP contribution in [0.2, 0.25) is 0 Å². The number of benzene rings is 1. The molecule has 3 heteroatoms. The van der Waals surface area contributed by atoms with E-state index in [4.69, 9.17) is 5.11 Å². The molecule has 0 saturated heterocycles. The molecule has 1 aromatic carbocycles. The molecule has 2 nitrogen and oxygen atoms in total. The summed E-state index contributed by atoms with van der Waals surface area (Å²) in [6, 6.07) is 8.02. The Hall–Kier alpha value is -0.510. The summed E-state index contributed by atoms with van der Waals surface area (Å²) in [5.74, 6) is 0. The molecule has 2 N–H and O–H groups in total. The van der Waals surface area contributed by atoms with E-state index in [9.17, 15) is 5.11 Å². The maximum Gasteiger partial charge on any atom is 0.0787 e. The number of rotatable bonds is 6. The van der Waals surface area contributed by atoms with Crippen molar-refractivity contribution >= 4 is 11.8 Å². The van der Waals surface area contributed by atoms with Gasteiger partial charge < -0.3 is 10.2 Å². The van der Waals surface area contributed by atoms with Gasteiger partial charge in [-0.05, 0) is 30.5 Å². The van der Waals surface area contributed by atoms with Crippen LogP contribution in [0, 0.1) is 0 Å². The second-order valence-electron chi connectivity index (χ2n) is 3.93. The van der Waals surface area contributed by atoms with E-state index in [1.165, 1.54) is 4.90 Å². The van der Waals surface area contributed by atoms with E-state index >= 15 is 0 Å². The third-order valence-electron chi connectivity index (χ3n) is 2.52. The van der Waals surface area contributed by atoms with Gasteiger partial charge in [0.15, 0.2) is 0 Å². The fraction of sp³-hybridized carbons (Fsp3) is 0.538. The van der Waals surface area contributed by atoms with Crippen molar-refractivity contribution in [3.63, 3.8) is 0 Å². The van der Waals surface area contributed by atoms with Crippen molar-refractivity contribution in [3.05, 3.63) is 29.8 Å². The zero-order valence-electron chi connectivity index (χ0n) is 9.89. The lowest BCUT2D eigenvalue weighted by molar-refractivity contribution is 0.173. The van der Waals surface area contributed by atoms with Crippen LogP contribution in [0.25, 0.3) is 0 Å². The molecule has 0 aliphatic carbocycles. The highest BCUT2D eigenvalue weighted by atomic mass is 32.2. The normalized spacial score (nSPS) is 14.8. The molecule has 2 unspecified atom stereocenters. The molecule has 0 fully saturated rings. The summed E-state index contributed by atoms with van der Waals surface area (Å²) in [6.07, 6.45) is 1.20. The predicted molar refractivity (Wildman–Crippen MR) is 68.7 cm³/mol. The van der Waals surface area contributed by atoms with Crippen molar-refractivity contribution in [2.24, 2.45) is 0 Å². The highest BCUT2D eigenvalue weighted by Gasteiger charge is 2.06. The van der Waals surface area contributed by atoms with Crippen molar-refractivity contribution < 1.29 is 10.2 Å². The van der Waals surface area contributed by atoms with Gasteiger partial charge >= 0.3 is 0 Å². The smallest absolute Gasteiger partial charge is 0.0787 e. The first-order chi connectivity index (χ1) is 7.67. The van der Waals surface area contributed by atoms with Gasteiger partial charge in [0, 0.05) is 16.8 Å². The molecule has 0 aliphatic heterocycles. The molecule has 1 aromatic rings. The molecule has 0 aliphatic rings. The van der Waals surface area contributed by atoms with Gasteiger partial charge in [0.1, 0.15) is 0 Å². The van der Waals surface area contributed by atoms with Crippen molar-refractivity contribution in [1.29, 1.82) is 0 Å². The summed E-state index contributed by atoms with van der Waals surface area (Å²) in [5, 5.41) is 18.9. The molecule has 2 atom stereocenters. The van der Waals surface area contributed by atoms with Crippen LogP contribution in [0.5, 0.6) is 0 Å². The molecule has 0 heterocycles. The number of aliphatic hydroxyl groups is 2. The Morgan fingerprint density at radius 2 is 1.88 bits per heavy atom. The first-order valence-corrected chi connectivity index (χ1v) is 6.60. The Labute approximate surface area is 102 Å². The van der Waals surface area contributed by atoms with Crippen LogP contribution in [0.1, 0.15) is 38.4 Å². The SMILES string of the molecule is CCC(O)c1ccc(SC(C)CCO)cc1. The van der Waals surface area contributed by atoms with Gasteiger partial charge in [-0.1, -0.05) is 26.0 Å². The maximum atomic E-state index is 9.65. The third kappa shape index (κ3) is 4.16. The molecule has 0 amide bonds. The van der Waals surface area contributed by atoms with Crippen LogP contribution >= 0.6 is 11.8 Å². The van der Waals surface area contributed by atoms with E-state index in [2.05, 4.69) is 6.92 Å². The van der Waals surface area contributed by atoms with Gasteiger partial charge in [-0.15, -0.1) is 11.8 Å². The Bertz CT molecular complexity index is 297. The molecule has 16 heavy (non-hydrogen) atoms. The quantitative estimate of drug-likeness (QED) is 0.751. The van der Waals surface area contributed by atoms with E-state index in [0.717, 1.165) is 18.4 Å². The van der Waals surface area contributed by atoms with Crippen LogP contribution in [0.15, 0.2) is 29.2 Å². The van der Waals surface area contributed by atoms with E-state index in [0.29, 0.717) is 5.25 Å². The number of thioether (sulfide) groups is 1. The first-order valence-electron chi connectivity index (χ1n) is 5.73. The van der Waals surface area contributed by atoms with Gasteiger partial charge in [-0.2, -0.15) is 0 Å². The average Bonchev–Trinajstić information content (AvgIpc) is 2.29. The van der Waals surface area contributed by atoms with Crippen molar-refractivity contribution in [3.8, 4) is 0 Å². The lowest BCUT2D eigenvalue weighted by atomic mass is 10.1. The number of aliphatic hydroxyl groups excluding tert-OH is 2. The van der Waals surface area contributed by atoms with E-state index in [1.807, 2.05) is 31.2 Å². The Morgan fingerprint density at radius 1 is 1.25 bits per heavy atom. The Morgan fingerprint density at radius 3 is 2.38 bits per heavy atom. The Kier molecular flexibility index (Phi) is 5.88. The van der Waals surface area contributed by atoms with Gasteiger partial charge in [-0.25, -0.2) is 0 Å². The van der Waals surface area contributed by atoms with Crippen LogP contribution < -0.4 is 0 Å². The first kappa shape index (κ1) is 13.6. The summed E-state index contributed by atoms with van der Waals surface area (Å²) < 4.78 is 0. The van der Waals surface area contributed by atoms with Gasteiger partial charge in [0.25, 0.3) is 0 Å². The van der Waals surface area contributed by atoms with Crippen LogP contribution in [-0.2, 0) is 0 Å². The standard InChI is InChI=1S/C13H20O2S/c1-3-13(15)11-4-6-12(7-5-11)16-10(2)8-9-14/h4-7,10,13-15H,3,8-9H2,1-2H3. The summed E-state index contributed by atoms with van der Waals surface area (Å²) in [4.78, 5) is 1.19. The summed E-state index contributed by atoms with van der Waals surface area (Å²) >= 11 is 1.75. The average molecular weight is 240 g/mol. The summed E-state index contributed by atoms with van der Waals surface area (Å²) in [7, 11) is 0. The lowest BCUT2D eigenvalue weighted by Crippen LogP contribution is -1.99. The topological polar surface area (TPSA) is 40.5 Å². The molecular weight excluding hydrogens is 220 g/mol. The molecule has 0 bridgehead atoms. The Balaban J connectivity index is 2.57. The van der Waals surface area contributed by atoms with Gasteiger partial charge in [-0.3, -0.25) is 0 Å². The summed E-state index contributed by atoms with van der Waals surface area (Å²) in [6.45, 7) is 4.31. The summed E-state index contributed by atoms with van der Waals surface area (Å²) in [5.41, 5.74) is 0.974. The molecule has 0 saturated carbocycles. The van der Waals surface area contributed by atoms with E-state index in [-0.39, 0.29) is 12.7 Å². The zero-order valence-corrected chi connectivity index (χ0v) is 10.7. The van der Waals surface area contributed by atoms with Crippen molar-refractivity contribution in [1.82, 2.24) is 0 Å². The second-order valence-corrected chi connectivity index (χ2v) is 5.45. The lowest BCUT2D eigenvalue weighted by Gasteiger charge is -2.11. The minimum atomic E-state index is -0.353. The fourth-order valence-electron chi connectivity index (χ4n) is 1.48. The fourth-order valence-corrected chi connectivity index (χ4v) is 2.46. The predicted octanol–water partition coefficient (Wildman–Crippen LogP) is 2.99. The minimum absolute atomic E-state index is 0.237. The van der Waals surface area contributed by atoms with E-state index < -0.39 is 0 Å². The largest absolute Gasteiger partial charge is 0.396 e. The van der Waals surface area contributed by atoms with Crippen molar-refractivity contribution in [2.75, 3.05) is 6.61 Å². The van der Waals surface area contributed by atoms with Gasteiger partial charge in [0.2, 0.25) is 0 Å². The molecular formula is C13H20O2S. The van der Waals surface area contributed by atoms with Crippen molar-refractivity contribution in [2.45, 2.75) is 42.9 Å². The third-order valence-corrected chi connectivity index (χ3v) is 3.71.